The number of guanidine groups is 1. The van der Waals surface area contributed by atoms with Crippen molar-refractivity contribution >= 4 is 41.7 Å². The summed E-state index contributed by atoms with van der Waals surface area (Å²) in [5, 5.41) is 7.40. The third kappa shape index (κ3) is 7.42. The number of aromatic nitrogens is 2. The van der Waals surface area contributed by atoms with Crippen molar-refractivity contribution in [2.24, 2.45) is 10.9 Å². The van der Waals surface area contributed by atoms with Crippen molar-refractivity contribution < 1.29 is 9.26 Å². The zero-order chi connectivity index (χ0) is 20.5. The lowest BCUT2D eigenvalue weighted by molar-refractivity contribution is 0.0683. The lowest BCUT2D eigenvalue weighted by Gasteiger charge is -2.21. The molecule has 1 aliphatic rings. The Hall–Kier alpha value is -1.33. The molecule has 0 saturated carbocycles. The fourth-order valence-corrected chi connectivity index (χ4v) is 4.33. The molecule has 1 aromatic carbocycles. The fourth-order valence-electron chi connectivity index (χ4n) is 3.28. The number of hydrogen-bond acceptors (Lipinski definition) is 6. The Bertz CT molecular complexity index is 774. The van der Waals surface area contributed by atoms with Gasteiger partial charge in [-0.05, 0) is 45.2 Å². The van der Waals surface area contributed by atoms with Crippen molar-refractivity contribution in [3.05, 3.63) is 42.0 Å². The fraction of sp³-hybridized carbons (Fsp3) is 0.571. The molecule has 0 aliphatic carbocycles. The van der Waals surface area contributed by atoms with E-state index in [0.29, 0.717) is 30.8 Å². The Morgan fingerprint density at radius 3 is 2.90 bits per heavy atom. The summed E-state index contributed by atoms with van der Waals surface area (Å²) in [6.45, 7) is 9.80. The van der Waals surface area contributed by atoms with Crippen LogP contribution in [-0.2, 0) is 11.3 Å². The van der Waals surface area contributed by atoms with Crippen molar-refractivity contribution in [3.8, 4) is 0 Å². The maximum Gasteiger partial charge on any atom is 0.248 e. The molecular weight excluding hydrogens is 513 g/mol. The summed E-state index contributed by atoms with van der Waals surface area (Å²) in [7, 11) is 0. The molecule has 166 valence electrons. The average molecular weight is 545 g/mol. The van der Waals surface area contributed by atoms with Gasteiger partial charge in [0.2, 0.25) is 5.89 Å². The van der Waals surface area contributed by atoms with Gasteiger partial charge in [-0.2, -0.15) is 4.98 Å². The number of thioether (sulfide) groups is 1. The van der Waals surface area contributed by atoms with E-state index < -0.39 is 0 Å². The molecule has 2 unspecified atom stereocenters. The Morgan fingerprint density at radius 1 is 1.37 bits per heavy atom. The SMILES string of the molecule is CCNC(=NCc1nc(C(C)OCC)no1)N1CCC(CSc2ccccc2)C1.I. The van der Waals surface area contributed by atoms with Gasteiger partial charge in [-0.3, -0.25) is 0 Å². The van der Waals surface area contributed by atoms with Gasteiger partial charge in [0, 0.05) is 36.9 Å². The van der Waals surface area contributed by atoms with Crippen LogP contribution in [0.25, 0.3) is 0 Å². The van der Waals surface area contributed by atoms with E-state index in [1.54, 1.807) is 0 Å². The minimum atomic E-state index is -0.170. The molecule has 30 heavy (non-hydrogen) atoms. The molecule has 0 bridgehead atoms. The first-order chi connectivity index (χ1) is 14.2. The van der Waals surface area contributed by atoms with Gasteiger partial charge in [-0.15, -0.1) is 35.7 Å². The van der Waals surface area contributed by atoms with E-state index in [1.807, 2.05) is 25.6 Å². The summed E-state index contributed by atoms with van der Waals surface area (Å²) in [6, 6.07) is 10.6. The van der Waals surface area contributed by atoms with Crippen LogP contribution in [0.3, 0.4) is 0 Å². The summed E-state index contributed by atoms with van der Waals surface area (Å²) in [6.07, 6.45) is 1.01. The van der Waals surface area contributed by atoms with Gasteiger partial charge >= 0.3 is 0 Å². The Kier molecular flexibility index (Phi) is 10.9. The number of likely N-dealkylation sites (tertiary alicyclic amines) is 1. The third-order valence-corrected chi connectivity index (χ3v) is 6.02. The molecule has 0 radical (unpaired) electrons. The van der Waals surface area contributed by atoms with Crippen molar-refractivity contribution in [1.82, 2.24) is 20.4 Å². The highest BCUT2D eigenvalue weighted by Crippen LogP contribution is 2.26. The van der Waals surface area contributed by atoms with E-state index in [4.69, 9.17) is 14.3 Å². The number of aliphatic imine (C=N–C) groups is 1. The number of ether oxygens (including phenoxy) is 1. The number of hydrogen-bond donors (Lipinski definition) is 1. The summed E-state index contributed by atoms with van der Waals surface area (Å²) in [5.41, 5.74) is 0. The Labute approximate surface area is 200 Å². The highest BCUT2D eigenvalue weighted by Gasteiger charge is 2.25. The number of halogens is 1. The second-order valence-electron chi connectivity index (χ2n) is 7.04. The van der Waals surface area contributed by atoms with Gasteiger partial charge in [-0.25, -0.2) is 4.99 Å². The van der Waals surface area contributed by atoms with E-state index in [0.717, 1.165) is 31.3 Å². The topological polar surface area (TPSA) is 75.8 Å². The van der Waals surface area contributed by atoms with Crippen LogP contribution in [0, 0.1) is 5.92 Å². The first-order valence-corrected chi connectivity index (χ1v) is 11.3. The molecule has 1 N–H and O–H groups in total. The summed E-state index contributed by atoms with van der Waals surface area (Å²) < 4.78 is 10.8. The molecule has 1 saturated heterocycles. The van der Waals surface area contributed by atoms with Gasteiger partial charge in [-0.1, -0.05) is 23.4 Å². The van der Waals surface area contributed by atoms with Crippen molar-refractivity contribution in [3.63, 3.8) is 0 Å². The first-order valence-electron chi connectivity index (χ1n) is 10.3. The smallest absolute Gasteiger partial charge is 0.248 e. The van der Waals surface area contributed by atoms with Gasteiger partial charge in [0.05, 0.1) is 0 Å². The van der Waals surface area contributed by atoms with Crippen LogP contribution in [0.4, 0.5) is 0 Å². The molecule has 3 rings (SSSR count). The molecule has 2 atom stereocenters. The maximum atomic E-state index is 5.51. The Morgan fingerprint density at radius 2 is 2.17 bits per heavy atom. The molecule has 0 spiro atoms. The lowest BCUT2D eigenvalue weighted by atomic mass is 10.2. The van der Waals surface area contributed by atoms with E-state index in [-0.39, 0.29) is 30.1 Å². The first kappa shape index (κ1) is 24.9. The largest absolute Gasteiger partial charge is 0.371 e. The number of benzene rings is 1. The van der Waals surface area contributed by atoms with Crippen LogP contribution in [0.5, 0.6) is 0 Å². The third-order valence-electron chi connectivity index (χ3n) is 4.78. The standard InChI is InChI=1S/C21H31N5O2S.HI/c1-4-22-21(23-13-19-24-20(25-28-19)16(3)27-5-2)26-12-11-17(14-26)15-29-18-9-7-6-8-10-18;/h6-10,16-17H,4-5,11-15H2,1-3H3,(H,22,23);1H. The predicted molar refractivity (Wildman–Crippen MR) is 131 cm³/mol. The number of rotatable bonds is 9. The highest BCUT2D eigenvalue weighted by atomic mass is 127. The molecule has 7 nitrogen and oxygen atoms in total. The van der Waals surface area contributed by atoms with Gasteiger partial charge in [0.15, 0.2) is 11.8 Å². The molecule has 9 heteroatoms. The summed E-state index contributed by atoms with van der Waals surface area (Å²) >= 11 is 1.93. The number of nitrogens with zero attached hydrogens (tertiary/aromatic N) is 4. The minimum absolute atomic E-state index is 0. The lowest BCUT2D eigenvalue weighted by Crippen LogP contribution is -2.40. The van der Waals surface area contributed by atoms with Crippen molar-refractivity contribution in [1.29, 1.82) is 0 Å². The van der Waals surface area contributed by atoms with Crippen LogP contribution < -0.4 is 5.32 Å². The van der Waals surface area contributed by atoms with Crippen LogP contribution in [-0.4, -0.2) is 53.0 Å². The monoisotopic (exact) mass is 545 g/mol. The molecule has 2 heterocycles. The summed E-state index contributed by atoms with van der Waals surface area (Å²) in [5.74, 6) is 3.78. The van der Waals surface area contributed by atoms with Gasteiger partial charge in [0.25, 0.3) is 0 Å². The van der Waals surface area contributed by atoms with Crippen molar-refractivity contribution in [2.75, 3.05) is 32.0 Å². The second kappa shape index (κ2) is 13.2. The molecule has 0 amide bonds. The van der Waals surface area contributed by atoms with E-state index in [1.165, 1.54) is 11.3 Å². The molecule has 1 aromatic heterocycles. The van der Waals surface area contributed by atoms with E-state index in [2.05, 4.69) is 57.6 Å². The van der Waals surface area contributed by atoms with Crippen LogP contribution in [0.2, 0.25) is 0 Å². The molecule has 2 aromatic rings. The minimum Gasteiger partial charge on any atom is -0.371 e. The highest BCUT2D eigenvalue weighted by molar-refractivity contribution is 14.0. The zero-order valence-corrected chi connectivity index (χ0v) is 21.1. The van der Waals surface area contributed by atoms with Crippen LogP contribution >= 0.6 is 35.7 Å². The van der Waals surface area contributed by atoms with Crippen molar-refractivity contribution in [2.45, 2.75) is 44.7 Å². The van der Waals surface area contributed by atoms with E-state index in [9.17, 15) is 0 Å². The maximum absolute atomic E-state index is 5.51. The molecule has 1 fully saturated rings. The second-order valence-corrected chi connectivity index (χ2v) is 8.13. The summed E-state index contributed by atoms with van der Waals surface area (Å²) in [4.78, 5) is 12.8. The normalized spacial score (nSPS) is 17.6. The van der Waals surface area contributed by atoms with Gasteiger partial charge in [0.1, 0.15) is 12.6 Å². The van der Waals surface area contributed by atoms with Crippen LogP contribution in [0.15, 0.2) is 44.7 Å². The molecule has 1 aliphatic heterocycles. The number of nitrogens with one attached hydrogen (secondary N) is 1. The average Bonchev–Trinajstić information content (AvgIpc) is 3.40. The van der Waals surface area contributed by atoms with Crippen LogP contribution in [0.1, 0.15) is 45.0 Å². The predicted octanol–water partition coefficient (Wildman–Crippen LogP) is 4.36. The zero-order valence-electron chi connectivity index (χ0n) is 17.9. The Balaban J connectivity index is 0.00000320. The van der Waals surface area contributed by atoms with Gasteiger partial charge < -0.3 is 19.5 Å². The molecular formula is C21H32IN5O2S. The quantitative estimate of drug-likeness (QED) is 0.217. The van der Waals surface area contributed by atoms with E-state index >= 15 is 0 Å².